The van der Waals surface area contributed by atoms with Crippen molar-refractivity contribution in [2.45, 2.75) is 24.8 Å². The van der Waals surface area contributed by atoms with Gasteiger partial charge >= 0.3 is 0 Å². The van der Waals surface area contributed by atoms with Crippen molar-refractivity contribution in [1.29, 1.82) is 0 Å². The second-order valence-electron chi connectivity index (χ2n) is 4.97. The molecule has 0 aliphatic rings. The topological polar surface area (TPSA) is 83.4 Å². The molecule has 7 nitrogen and oxygen atoms in total. The summed E-state index contributed by atoms with van der Waals surface area (Å²) in [5.74, 6) is 3.74. The van der Waals surface area contributed by atoms with Crippen LogP contribution in [0.5, 0.6) is 11.5 Å². The third-order valence-corrected chi connectivity index (χ3v) is 4.20. The Morgan fingerprint density at radius 1 is 1.04 bits per heavy atom. The lowest BCUT2D eigenvalue weighted by atomic mass is 10.2. The van der Waals surface area contributed by atoms with E-state index in [4.69, 9.17) is 18.3 Å². The van der Waals surface area contributed by atoms with Gasteiger partial charge in [0, 0.05) is 18.2 Å². The van der Waals surface area contributed by atoms with E-state index >= 15 is 0 Å². The number of rotatable bonds is 6. The van der Waals surface area contributed by atoms with E-state index in [-0.39, 0.29) is 0 Å². The molecular formula is C16H17N3O4S. The fourth-order valence-corrected chi connectivity index (χ4v) is 2.95. The summed E-state index contributed by atoms with van der Waals surface area (Å²) in [6.07, 6.45) is 0. The molecule has 8 heteroatoms. The maximum Gasteiger partial charge on any atom is 0.277 e. The summed E-state index contributed by atoms with van der Waals surface area (Å²) in [6.45, 7) is 3.71. The molecule has 0 amide bonds. The minimum Gasteiger partial charge on any atom is -0.493 e. The van der Waals surface area contributed by atoms with Crippen molar-refractivity contribution < 1.29 is 18.3 Å². The number of aryl methyl sites for hydroxylation is 2. The van der Waals surface area contributed by atoms with Crippen LogP contribution in [0.2, 0.25) is 0 Å². The summed E-state index contributed by atoms with van der Waals surface area (Å²) < 4.78 is 21.6. The quantitative estimate of drug-likeness (QED) is 0.625. The molecule has 0 unspecified atom stereocenters. The SMILES string of the molecule is COc1ccc(-c2nnc(SCc3nc(C)oc3C)o2)cc1OC. The predicted molar refractivity (Wildman–Crippen MR) is 88.4 cm³/mol. The number of methoxy groups -OCH3 is 2. The van der Waals surface area contributed by atoms with Gasteiger partial charge in [-0.2, -0.15) is 0 Å². The molecule has 0 aliphatic carbocycles. The molecule has 0 aliphatic heterocycles. The molecule has 0 radical (unpaired) electrons. The summed E-state index contributed by atoms with van der Waals surface area (Å²) in [5.41, 5.74) is 1.64. The maximum atomic E-state index is 5.70. The van der Waals surface area contributed by atoms with Crippen LogP contribution >= 0.6 is 11.8 Å². The normalized spacial score (nSPS) is 10.8. The number of hydrogen-bond donors (Lipinski definition) is 0. The molecule has 126 valence electrons. The number of benzene rings is 1. The van der Waals surface area contributed by atoms with Crippen LogP contribution in [0, 0.1) is 13.8 Å². The molecule has 3 rings (SSSR count). The lowest BCUT2D eigenvalue weighted by Crippen LogP contribution is -1.90. The van der Waals surface area contributed by atoms with Gasteiger partial charge in [-0.15, -0.1) is 10.2 Å². The van der Waals surface area contributed by atoms with Crippen molar-refractivity contribution in [3.05, 3.63) is 35.5 Å². The number of nitrogens with zero attached hydrogens (tertiary/aromatic N) is 3. The van der Waals surface area contributed by atoms with Gasteiger partial charge in [0.25, 0.3) is 5.22 Å². The first-order valence-electron chi connectivity index (χ1n) is 7.22. The third kappa shape index (κ3) is 3.38. The smallest absolute Gasteiger partial charge is 0.277 e. The zero-order chi connectivity index (χ0) is 17.1. The van der Waals surface area contributed by atoms with Crippen LogP contribution in [0.1, 0.15) is 17.3 Å². The second-order valence-corrected chi connectivity index (χ2v) is 5.89. The molecule has 0 atom stereocenters. The van der Waals surface area contributed by atoms with Crippen LogP contribution in [0.25, 0.3) is 11.5 Å². The average Bonchev–Trinajstić information content (AvgIpc) is 3.18. The summed E-state index contributed by atoms with van der Waals surface area (Å²) in [6, 6.07) is 5.44. The van der Waals surface area contributed by atoms with Gasteiger partial charge < -0.3 is 18.3 Å². The Hall–Kier alpha value is -2.48. The first-order chi connectivity index (χ1) is 11.6. The summed E-state index contributed by atoms with van der Waals surface area (Å²) >= 11 is 1.42. The van der Waals surface area contributed by atoms with E-state index < -0.39 is 0 Å². The largest absolute Gasteiger partial charge is 0.493 e. The predicted octanol–water partition coefficient (Wildman–Crippen LogP) is 3.65. The van der Waals surface area contributed by atoms with E-state index in [0.717, 1.165) is 17.0 Å². The molecule has 0 bridgehead atoms. The van der Waals surface area contributed by atoms with E-state index in [1.165, 1.54) is 11.8 Å². The number of aromatic nitrogens is 3. The maximum absolute atomic E-state index is 5.70. The highest BCUT2D eigenvalue weighted by atomic mass is 32.2. The number of oxazole rings is 1. The Morgan fingerprint density at radius 2 is 1.83 bits per heavy atom. The molecule has 0 spiro atoms. The zero-order valence-electron chi connectivity index (χ0n) is 13.8. The fraction of sp³-hybridized carbons (Fsp3) is 0.312. The Bertz CT molecular complexity index is 844. The monoisotopic (exact) mass is 347 g/mol. The van der Waals surface area contributed by atoms with Crippen molar-refractivity contribution in [3.63, 3.8) is 0 Å². The van der Waals surface area contributed by atoms with E-state index in [0.29, 0.717) is 34.3 Å². The number of hydrogen-bond acceptors (Lipinski definition) is 8. The minimum atomic E-state index is 0.423. The van der Waals surface area contributed by atoms with Crippen LogP contribution < -0.4 is 9.47 Å². The lowest BCUT2D eigenvalue weighted by Gasteiger charge is -2.07. The second kappa shape index (κ2) is 6.96. The molecule has 3 aromatic rings. The summed E-state index contributed by atoms with van der Waals surface area (Å²) in [4.78, 5) is 4.32. The number of ether oxygens (including phenoxy) is 2. The van der Waals surface area contributed by atoms with Crippen molar-refractivity contribution in [3.8, 4) is 23.0 Å². The highest BCUT2D eigenvalue weighted by molar-refractivity contribution is 7.98. The molecule has 0 saturated carbocycles. The summed E-state index contributed by atoms with van der Waals surface area (Å²) in [7, 11) is 3.17. The molecule has 0 N–H and O–H groups in total. The van der Waals surface area contributed by atoms with Gasteiger partial charge in [-0.05, 0) is 25.1 Å². The Labute approximate surface area is 143 Å². The van der Waals surface area contributed by atoms with Gasteiger partial charge in [0.2, 0.25) is 5.89 Å². The van der Waals surface area contributed by atoms with Gasteiger partial charge in [-0.3, -0.25) is 0 Å². The molecule has 0 saturated heterocycles. The number of thioether (sulfide) groups is 1. The molecule has 0 fully saturated rings. The van der Waals surface area contributed by atoms with Crippen LogP contribution in [-0.4, -0.2) is 29.4 Å². The first-order valence-corrected chi connectivity index (χ1v) is 8.21. The van der Waals surface area contributed by atoms with Gasteiger partial charge in [0.1, 0.15) is 5.76 Å². The van der Waals surface area contributed by atoms with E-state index in [1.807, 2.05) is 19.9 Å². The Kier molecular flexibility index (Phi) is 4.75. The highest BCUT2D eigenvalue weighted by Crippen LogP contribution is 2.33. The van der Waals surface area contributed by atoms with Crippen LogP contribution in [0.15, 0.2) is 32.3 Å². The van der Waals surface area contributed by atoms with Crippen molar-refractivity contribution in [2.75, 3.05) is 14.2 Å². The molecule has 1 aromatic carbocycles. The average molecular weight is 347 g/mol. The fourth-order valence-electron chi connectivity index (χ4n) is 2.19. The highest BCUT2D eigenvalue weighted by Gasteiger charge is 2.14. The van der Waals surface area contributed by atoms with Gasteiger partial charge in [-0.1, -0.05) is 11.8 Å². The molecule has 2 aromatic heterocycles. The van der Waals surface area contributed by atoms with Crippen molar-refractivity contribution in [1.82, 2.24) is 15.2 Å². The van der Waals surface area contributed by atoms with E-state index in [1.54, 1.807) is 26.4 Å². The standard InChI is InChI=1S/C16H17N3O4S/c1-9-12(17-10(2)22-9)8-24-16-19-18-15(23-16)11-5-6-13(20-3)14(7-11)21-4/h5-7H,8H2,1-4H3. The van der Waals surface area contributed by atoms with Gasteiger partial charge in [0.15, 0.2) is 17.4 Å². The van der Waals surface area contributed by atoms with Crippen molar-refractivity contribution in [2.24, 2.45) is 0 Å². The van der Waals surface area contributed by atoms with E-state index in [2.05, 4.69) is 15.2 Å². The first kappa shape index (κ1) is 16.4. The van der Waals surface area contributed by atoms with Gasteiger partial charge in [-0.25, -0.2) is 4.98 Å². The van der Waals surface area contributed by atoms with E-state index in [9.17, 15) is 0 Å². The Morgan fingerprint density at radius 3 is 2.50 bits per heavy atom. The third-order valence-electron chi connectivity index (χ3n) is 3.37. The Balaban J connectivity index is 1.74. The minimum absolute atomic E-state index is 0.423. The molecule has 24 heavy (non-hydrogen) atoms. The molecular weight excluding hydrogens is 330 g/mol. The summed E-state index contributed by atoms with van der Waals surface area (Å²) in [5, 5.41) is 8.61. The zero-order valence-corrected chi connectivity index (χ0v) is 14.6. The molecule has 2 heterocycles. The lowest BCUT2D eigenvalue weighted by molar-refractivity contribution is 0.355. The van der Waals surface area contributed by atoms with Crippen LogP contribution in [-0.2, 0) is 5.75 Å². The van der Waals surface area contributed by atoms with Crippen LogP contribution in [0.4, 0.5) is 0 Å². The van der Waals surface area contributed by atoms with Crippen molar-refractivity contribution >= 4 is 11.8 Å². The van der Waals surface area contributed by atoms with Crippen LogP contribution in [0.3, 0.4) is 0 Å². The van der Waals surface area contributed by atoms with Gasteiger partial charge in [0.05, 0.1) is 19.9 Å².